The molecule has 8 heteroatoms. The standard InChI is InChI=1S/C23H31N3O4S/c1-4-24-23(27)26-13-7-12-21(25-31(3,28)29)22(26)15-17-8-5-9-18(14-17)19-10-6-11-20(16-19)30-2/h5-6,8-11,14,16,21-22,25H,4,7,12-13,15H2,1-3H3,(H,24,27). The lowest BCUT2D eigenvalue weighted by atomic mass is 9.90. The Labute approximate surface area is 184 Å². The number of nitrogens with one attached hydrogen (secondary N) is 2. The highest BCUT2D eigenvalue weighted by atomic mass is 32.2. The summed E-state index contributed by atoms with van der Waals surface area (Å²) in [7, 11) is -1.75. The quantitative estimate of drug-likeness (QED) is 0.686. The molecule has 0 spiro atoms. The lowest BCUT2D eigenvalue weighted by Crippen LogP contribution is -2.59. The van der Waals surface area contributed by atoms with Gasteiger partial charge in [-0.2, -0.15) is 0 Å². The minimum atomic E-state index is -3.39. The van der Waals surface area contributed by atoms with Crippen LogP contribution in [0, 0.1) is 0 Å². The maximum Gasteiger partial charge on any atom is 0.317 e. The molecule has 1 aliphatic heterocycles. The molecule has 2 N–H and O–H groups in total. The molecule has 0 aliphatic carbocycles. The van der Waals surface area contributed by atoms with E-state index in [1.165, 1.54) is 6.26 Å². The van der Waals surface area contributed by atoms with E-state index in [0.29, 0.717) is 25.9 Å². The van der Waals surface area contributed by atoms with Gasteiger partial charge in [0.05, 0.1) is 19.4 Å². The molecule has 1 saturated heterocycles. The Morgan fingerprint density at radius 3 is 2.55 bits per heavy atom. The Hall–Kier alpha value is -2.58. The third kappa shape index (κ3) is 6.21. The molecule has 3 rings (SSSR count). The summed E-state index contributed by atoms with van der Waals surface area (Å²) < 4.78 is 32.0. The second-order valence-corrected chi connectivity index (χ2v) is 9.65. The molecule has 1 heterocycles. The Kier molecular flexibility index (Phi) is 7.56. The molecule has 2 aromatic carbocycles. The van der Waals surface area contributed by atoms with E-state index >= 15 is 0 Å². The van der Waals surface area contributed by atoms with Gasteiger partial charge in [0, 0.05) is 19.1 Å². The summed E-state index contributed by atoms with van der Waals surface area (Å²) in [5.41, 5.74) is 3.13. The number of hydrogen-bond donors (Lipinski definition) is 2. The molecular weight excluding hydrogens is 414 g/mol. The maximum absolute atomic E-state index is 12.7. The van der Waals surface area contributed by atoms with E-state index in [0.717, 1.165) is 28.9 Å². The first kappa shape index (κ1) is 23.1. The number of rotatable bonds is 7. The topological polar surface area (TPSA) is 87.7 Å². The summed E-state index contributed by atoms with van der Waals surface area (Å²) in [4.78, 5) is 14.5. The Morgan fingerprint density at radius 2 is 1.87 bits per heavy atom. The Morgan fingerprint density at radius 1 is 1.16 bits per heavy atom. The van der Waals surface area contributed by atoms with Crippen LogP contribution in [0.3, 0.4) is 0 Å². The van der Waals surface area contributed by atoms with Crippen LogP contribution in [-0.2, 0) is 16.4 Å². The third-order valence-electron chi connectivity index (χ3n) is 5.51. The van der Waals surface area contributed by atoms with Crippen LogP contribution in [0.2, 0.25) is 0 Å². The van der Waals surface area contributed by atoms with Gasteiger partial charge in [-0.15, -0.1) is 0 Å². The molecule has 2 amide bonds. The molecule has 0 saturated carbocycles. The second-order valence-electron chi connectivity index (χ2n) is 7.87. The fourth-order valence-electron chi connectivity index (χ4n) is 4.15. The number of carbonyl (C=O) groups excluding carboxylic acids is 1. The SMILES string of the molecule is CCNC(=O)N1CCCC(NS(C)(=O)=O)C1Cc1cccc(-c2cccc(OC)c2)c1. The van der Waals surface area contributed by atoms with Crippen LogP contribution in [-0.4, -0.2) is 57.9 Å². The van der Waals surface area contributed by atoms with Gasteiger partial charge >= 0.3 is 6.03 Å². The van der Waals surface area contributed by atoms with Crippen LogP contribution < -0.4 is 14.8 Å². The minimum Gasteiger partial charge on any atom is -0.497 e. The number of likely N-dealkylation sites (tertiary alicyclic amines) is 1. The number of piperidine rings is 1. The lowest BCUT2D eigenvalue weighted by Gasteiger charge is -2.41. The molecule has 2 aromatic rings. The number of methoxy groups -OCH3 is 1. The van der Waals surface area contributed by atoms with Crippen LogP contribution in [0.1, 0.15) is 25.3 Å². The van der Waals surface area contributed by atoms with E-state index in [2.05, 4.69) is 16.1 Å². The fraction of sp³-hybridized carbons (Fsp3) is 0.435. The molecule has 7 nitrogen and oxygen atoms in total. The van der Waals surface area contributed by atoms with E-state index in [1.807, 2.05) is 49.4 Å². The summed E-state index contributed by atoms with van der Waals surface area (Å²) in [6.07, 6.45) is 3.18. The fourth-order valence-corrected chi connectivity index (χ4v) is 4.97. The van der Waals surface area contributed by atoms with Gasteiger partial charge in [0.2, 0.25) is 10.0 Å². The largest absolute Gasteiger partial charge is 0.497 e. The zero-order valence-corrected chi connectivity index (χ0v) is 19.1. The first-order valence-corrected chi connectivity index (χ1v) is 12.4. The molecule has 2 atom stereocenters. The van der Waals surface area contributed by atoms with Gasteiger partial charge < -0.3 is 15.0 Å². The first-order chi connectivity index (χ1) is 14.8. The number of nitrogens with zero attached hydrogens (tertiary/aromatic N) is 1. The van der Waals surface area contributed by atoms with E-state index in [1.54, 1.807) is 12.0 Å². The monoisotopic (exact) mass is 445 g/mol. The van der Waals surface area contributed by atoms with Gasteiger partial charge in [0.1, 0.15) is 5.75 Å². The number of hydrogen-bond acceptors (Lipinski definition) is 4. The predicted molar refractivity (Wildman–Crippen MR) is 123 cm³/mol. The molecule has 168 valence electrons. The molecule has 0 radical (unpaired) electrons. The minimum absolute atomic E-state index is 0.156. The summed E-state index contributed by atoms with van der Waals surface area (Å²) in [5, 5.41) is 2.86. The van der Waals surface area contributed by atoms with Gasteiger partial charge in [-0.05, 0) is 55.0 Å². The molecule has 31 heavy (non-hydrogen) atoms. The van der Waals surface area contributed by atoms with Crippen LogP contribution in [0.15, 0.2) is 48.5 Å². The van der Waals surface area contributed by atoms with Gasteiger partial charge in [-0.25, -0.2) is 17.9 Å². The van der Waals surface area contributed by atoms with Crippen molar-refractivity contribution in [1.82, 2.24) is 14.9 Å². The second kappa shape index (κ2) is 10.2. The Bertz CT molecular complexity index is 1010. The van der Waals surface area contributed by atoms with E-state index in [4.69, 9.17) is 4.74 Å². The zero-order valence-electron chi connectivity index (χ0n) is 18.3. The van der Waals surface area contributed by atoms with Crippen LogP contribution in [0.4, 0.5) is 4.79 Å². The number of carbonyl (C=O) groups is 1. The summed E-state index contributed by atoms with van der Waals surface area (Å²) in [5.74, 6) is 0.787. The highest BCUT2D eigenvalue weighted by Crippen LogP contribution is 2.27. The Balaban J connectivity index is 1.90. The van der Waals surface area contributed by atoms with Crippen molar-refractivity contribution < 1.29 is 17.9 Å². The third-order valence-corrected chi connectivity index (χ3v) is 6.24. The number of amides is 2. The van der Waals surface area contributed by atoms with Gasteiger partial charge in [-0.1, -0.05) is 36.4 Å². The number of ether oxygens (including phenoxy) is 1. The predicted octanol–water partition coefficient (Wildman–Crippen LogP) is 3.02. The maximum atomic E-state index is 12.7. The van der Waals surface area contributed by atoms with Crippen LogP contribution in [0.25, 0.3) is 11.1 Å². The summed E-state index contributed by atoms with van der Waals surface area (Å²) in [6.45, 7) is 3.01. The first-order valence-electron chi connectivity index (χ1n) is 10.6. The average molecular weight is 446 g/mol. The molecule has 2 unspecified atom stereocenters. The van der Waals surface area contributed by atoms with Crippen molar-refractivity contribution in [2.45, 2.75) is 38.3 Å². The normalized spacial score (nSPS) is 19.1. The number of urea groups is 1. The van der Waals surface area contributed by atoms with E-state index in [9.17, 15) is 13.2 Å². The summed E-state index contributed by atoms with van der Waals surface area (Å²) in [6, 6.07) is 15.2. The van der Waals surface area contributed by atoms with Crippen LogP contribution >= 0.6 is 0 Å². The molecular formula is C23H31N3O4S. The number of benzene rings is 2. The van der Waals surface area contributed by atoms with Crippen LogP contribution in [0.5, 0.6) is 5.75 Å². The smallest absolute Gasteiger partial charge is 0.317 e. The van der Waals surface area contributed by atoms with E-state index < -0.39 is 10.0 Å². The number of sulfonamides is 1. The average Bonchev–Trinajstić information content (AvgIpc) is 2.74. The van der Waals surface area contributed by atoms with Crippen molar-refractivity contribution in [3.05, 3.63) is 54.1 Å². The van der Waals surface area contributed by atoms with Crippen molar-refractivity contribution in [2.75, 3.05) is 26.5 Å². The summed E-state index contributed by atoms with van der Waals surface area (Å²) >= 11 is 0. The molecule has 1 aliphatic rings. The van der Waals surface area contributed by atoms with Crippen molar-refractivity contribution in [2.24, 2.45) is 0 Å². The molecule has 1 fully saturated rings. The lowest BCUT2D eigenvalue weighted by molar-refractivity contribution is 0.134. The molecule has 0 aromatic heterocycles. The highest BCUT2D eigenvalue weighted by Gasteiger charge is 2.35. The molecule has 0 bridgehead atoms. The van der Waals surface area contributed by atoms with Crippen molar-refractivity contribution >= 4 is 16.1 Å². The highest BCUT2D eigenvalue weighted by molar-refractivity contribution is 7.88. The van der Waals surface area contributed by atoms with E-state index in [-0.39, 0.29) is 18.1 Å². The van der Waals surface area contributed by atoms with Gasteiger partial charge in [0.15, 0.2) is 0 Å². The zero-order chi connectivity index (χ0) is 22.4. The van der Waals surface area contributed by atoms with Crippen molar-refractivity contribution in [3.63, 3.8) is 0 Å². The van der Waals surface area contributed by atoms with Gasteiger partial charge in [-0.3, -0.25) is 0 Å². The van der Waals surface area contributed by atoms with Crippen molar-refractivity contribution in [3.8, 4) is 16.9 Å². The van der Waals surface area contributed by atoms with Gasteiger partial charge in [0.25, 0.3) is 0 Å². The van der Waals surface area contributed by atoms with Crippen molar-refractivity contribution in [1.29, 1.82) is 0 Å².